The zero-order chi connectivity index (χ0) is 11.0. The number of rotatable bonds is 7. The maximum Gasteiger partial charge on any atom is 0.391 e. The number of alkyl halides is 3. The lowest BCUT2D eigenvalue weighted by molar-refractivity contribution is -0.145. The fraction of sp³-hybridized carbons (Fsp3) is 1.00. The minimum atomic E-state index is -4.11. The monoisotopic (exact) mass is 213 g/mol. The molecule has 2 nitrogen and oxygen atoms in total. The second kappa shape index (κ2) is 7.06. The molecule has 0 aromatic rings. The number of hydrogen-bond donors (Lipinski definition) is 1. The predicted molar refractivity (Wildman–Crippen MR) is 49.2 cm³/mol. The Hall–Kier alpha value is -0.290. The second-order valence-corrected chi connectivity index (χ2v) is 3.21. The number of halogens is 3. The Morgan fingerprint density at radius 1 is 1.36 bits per heavy atom. The highest BCUT2D eigenvalue weighted by molar-refractivity contribution is 4.62. The molecule has 0 fully saturated rings. The van der Waals surface area contributed by atoms with Crippen LogP contribution >= 0.6 is 0 Å². The molecule has 0 bridgehead atoms. The van der Waals surface area contributed by atoms with Crippen LogP contribution in [0.4, 0.5) is 13.2 Å². The van der Waals surface area contributed by atoms with Gasteiger partial charge in [0.05, 0.1) is 19.6 Å². The maximum atomic E-state index is 11.7. The van der Waals surface area contributed by atoms with Gasteiger partial charge in [0.1, 0.15) is 0 Å². The van der Waals surface area contributed by atoms with E-state index in [1.54, 1.807) is 7.05 Å². The summed E-state index contributed by atoms with van der Waals surface area (Å²) in [6.45, 7) is 2.13. The van der Waals surface area contributed by atoms with Gasteiger partial charge in [-0.15, -0.1) is 0 Å². The van der Waals surface area contributed by atoms with Crippen molar-refractivity contribution in [2.75, 3.05) is 20.3 Å². The van der Waals surface area contributed by atoms with Crippen LogP contribution in [0.3, 0.4) is 0 Å². The van der Waals surface area contributed by atoms with E-state index < -0.39 is 12.6 Å². The standard InChI is InChI=1S/C9H18F3NO/c1-3-4-8(13-2)7-14-6-5-9(10,11)12/h8,13H,3-7H2,1-2H3. The quantitative estimate of drug-likeness (QED) is 0.655. The van der Waals surface area contributed by atoms with Gasteiger partial charge in [0.15, 0.2) is 0 Å². The first-order valence-corrected chi connectivity index (χ1v) is 4.81. The Labute approximate surface area is 82.8 Å². The lowest BCUT2D eigenvalue weighted by atomic mass is 10.2. The van der Waals surface area contributed by atoms with E-state index in [0.717, 1.165) is 12.8 Å². The van der Waals surface area contributed by atoms with Gasteiger partial charge in [-0.1, -0.05) is 13.3 Å². The van der Waals surface area contributed by atoms with Crippen molar-refractivity contribution in [1.29, 1.82) is 0 Å². The average Bonchev–Trinajstić information content (AvgIpc) is 2.08. The van der Waals surface area contributed by atoms with Gasteiger partial charge in [-0.2, -0.15) is 13.2 Å². The Bertz CT molecular complexity index is 139. The van der Waals surface area contributed by atoms with Crippen LogP contribution in [0.5, 0.6) is 0 Å². The third-order valence-electron chi connectivity index (χ3n) is 1.89. The molecule has 0 amide bonds. The minimum Gasteiger partial charge on any atom is -0.379 e. The topological polar surface area (TPSA) is 21.3 Å². The van der Waals surface area contributed by atoms with Crippen LogP contribution in [-0.2, 0) is 4.74 Å². The van der Waals surface area contributed by atoms with E-state index in [0.29, 0.717) is 6.61 Å². The van der Waals surface area contributed by atoms with E-state index in [2.05, 4.69) is 5.32 Å². The fourth-order valence-corrected chi connectivity index (χ4v) is 1.07. The number of likely N-dealkylation sites (N-methyl/N-ethyl adjacent to an activating group) is 1. The summed E-state index contributed by atoms with van der Waals surface area (Å²) in [5.74, 6) is 0. The molecule has 1 N–H and O–H groups in total. The number of ether oxygens (including phenoxy) is 1. The van der Waals surface area contributed by atoms with Crippen LogP contribution in [-0.4, -0.2) is 32.5 Å². The SMILES string of the molecule is CCCC(COCCC(F)(F)F)NC. The molecule has 86 valence electrons. The van der Waals surface area contributed by atoms with E-state index in [4.69, 9.17) is 4.74 Å². The first kappa shape index (κ1) is 13.7. The molecule has 0 saturated carbocycles. The first-order valence-electron chi connectivity index (χ1n) is 4.81. The molecule has 1 atom stereocenters. The molecule has 14 heavy (non-hydrogen) atoms. The van der Waals surface area contributed by atoms with Crippen LogP contribution in [0.1, 0.15) is 26.2 Å². The highest BCUT2D eigenvalue weighted by Crippen LogP contribution is 2.18. The Balaban J connectivity index is 3.42. The molecule has 1 unspecified atom stereocenters. The first-order chi connectivity index (χ1) is 6.49. The van der Waals surface area contributed by atoms with Gasteiger partial charge in [-0.3, -0.25) is 0 Å². The molecule has 0 aromatic carbocycles. The van der Waals surface area contributed by atoms with Crippen LogP contribution in [0.15, 0.2) is 0 Å². The molecule has 0 heterocycles. The number of nitrogens with one attached hydrogen (secondary N) is 1. The van der Waals surface area contributed by atoms with E-state index in [1.807, 2.05) is 6.92 Å². The van der Waals surface area contributed by atoms with Gasteiger partial charge in [-0.05, 0) is 13.5 Å². The van der Waals surface area contributed by atoms with Gasteiger partial charge >= 0.3 is 6.18 Å². The molecule has 0 rings (SSSR count). The van der Waals surface area contributed by atoms with Crippen molar-refractivity contribution in [3.63, 3.8) is 0 Å². The van der Waals surface area contributed by atoms with Crippen LogP contribution < -0.4 is 5.32 Å². The molecular formula is C9H18F3NO. The summed E-state index contributed by atoms with van der Waals surface area (Å²) < 4.78 is 40.1. The van der Waals surface area contributed by atoms with Crippen molar-refractivity contribution in [3.05, 3.63) is 0 Å². The van der Waals surface area contributed by atoms with Gasteiger partial charge in [-0.25, -0.2) is 0 Å². The Morgan fingerprint density at radius 2 is 2.00 bits per heavy atom. The molecule has 0 aliphatic heterocycles. The summed E-state index contributed by atoms with van der Waals surface area (Å²) in [5, 5.41) is 2.99. The van der Waals surface area contributed by atoms with E-state index in [-0.39, 0.29) is 12.6 Å². The van der Waals surface area contributed by atoms with E-state index in [9.17, 15) is 13.2 Å². The fourth-order valence-electron chi connectivity index (χ4n) is 1.07. The van der Waals surface area contributed by atoms with Gasteiger partial charge in [0.25, 0.3) is 0 Å². The van der Waals surface area contributed by atoms with E-state index >= 15 is 0 Å². The highest BCUT2D eigenvalue weighted by atomic mass is 19.4. The van der Waals surface area contributed by atoms with Crippen LogP contribution in [0.2, 0.25) is 0 Å². The molecular weight excluding hydrogens is 195 g/mol. The predicted octanol–water partition coefficient (Wildman–Crippen LogP) is 2.34. The summed E-state index contributed by atoms with van der Waals surface area (Å²) in [4.78, 5) is 0. The van der Waals surface area contributed by atoms with Crippen LogP contribution in [0, 0.1) is 0 Å². The van der Waals surface area contributed by atoms with Gasteiger partial charge < -0.3 is 10.1 Å². The lowest BCUT2D eigenvalue weighted by Gasteiger charge is -2.15. The Morgan fingerprint density at radius 3 is 2.43 bits per heavy atom. The Kier molecular flexibility index (Phi) is 6.92. The van der Waals surface area contributed by atoms with Gasteiger partial charge in [0, 0.05) is 6.04 Å². The largest absolute Gasteiger partial charge is 0.391 e. The zero-order valence-electron chi connectivity index (χ0n) is 8.66. The summed E-state index contributed by atoms with van der Waals surface area (Å²) in [6, 6.07) is 0.160. The molecule has 5 heteroatoms. The molecule has 0 spiro atoms. The van der Waals surface area contributed by atoms with E-state index in [1.165, 1.54) is 0 Å². The molecule has 0 aromatic heterocycles. The van der Waals surface area contributed by atoms with Crippen molar-refractivity contribution in [3.8, 4) is 0 Å². The zero-order valence-corrected chi connectivity index (χ0v) is 8.66. The van der Waals surface area contributed by atoms with Crippen molar-refractivity contribution in [2.45, 2.75) is 38.4 Å². The molecule has 0 saturated heterocycles. The third-order valence-corrected chi connectivity index (χ3v) is 1.89. The summed E-state index contributed by atoms with van der Waals surface area (Å²) in [5.41, 5.74) is 0. The lowest BCUT2D eigenvalue weighted by Crippen LogP contribution is -2.30. The number of hydrogen-bond acceptors (Lipinski definition) is 2. The van der Waals surface area contributed by atoms with Crippen molar-refractivity contribution in [1.82, 2.24) is 5.32 Å². The second-order valence-electron chi connectivity index (χ2n) is 3.21. The molecule has 0 aliphatic rings. The van der Waals surface area contributed by atoms with Gasteiger partial charge in [0.2, 0.25) is 0 Å². The summed E-state index contributed by atoms with van der Waals surface area (Å²) >= 11 is 0. The smallest absolute Gasteiger partial charge is 0.379 e. The summed E-state index contributed by atoms with van der Waals surface area (Å²) in [6.07, 6.45) is -3.06. The highest BCUT2D eigenvalue weighted by Gasteiger charge is 2.26. The van der Waals surface area contributed by atoms with Crippen molar-refractivity contribution >= 4 is 0 Å². The van der Waals surface area contributed by atoms with Crippen molar-refractivity contribution < 1.29 is 17.9 Å². The third kappa shape index (κ3) is 8.31. The molecule has 0 radical (unpaired) electrons. The molecule has 0 aliphatic carbocycles. The normalized spacial score (nSPS) is 14.4. The summed E-state index contributed by atoms with van der Waals surface area (Å²) in [7, 11) is 1.79. The average molecular weight is 213 g/mol. The van der Waals surface area contributed by atoms with Crippen molar-refractivity contribution in [2.24, 2.45) is 0 Å². The maximum absolute atomic E-state index is 11.7. The van der Waals surface area contributed by atoms with Crippen LogP contribution in [0.25, 0.3) is 0 Å². The minimum absolute atomic E-state index is 0.160.